The highest BCUT2D eigenvalue weighted by atomic mass is 16.6. The van der Waals surface area contributed by atoms with E-state index in [4.69, 9.17) is 9.47 Å². The summed E-state index contributed by atoms with van der Waals surface area (Å²) in [6, 6.07) is 13.0. The van der Waals surface area contributed by atoms with Gasteiger partial charge in [0.2, 0.25) is 0 Å². The van der Waals surface area contributed by atoms with Gasteiger partial charge in [-0.15, -0.1) is 0 Å². The molecule has 4 atom stereocenters. The third-order valence-corrected chi connectivity index (χ3v) is 8.17. The van der Waals surface area contributed by atoms with Crippen LogP contribution in [0, 0.1) is 17.3 Å². The summed E-state index contributed by atoms with van der Waals surface area (Å²) in [7, 11) is 0. The molecule has 0 aliphatic heterocycles. The number of Topliss-reactive ketones (excluding diaryl/α,β-unsaturated/α-hetero) is 1. The predicted molar refractivity (Wildman–Crippen MR) is 124 cm³/mol. The van der Waals surface area contributed by atoms with Gasteiger partial charge in [0, 0.05) is 11.8 Å². The van der Waals surface area contributed by atoms with E-state index in [0.717, 1.165) is 37.9 Å². The number of hydrogen-bond acceptors (Lipinski definition) is 5. The maximum absolute atomic E-state index is 12.6. The minimum atomic E-state index is -0.817. The lowest BCUT2D eigenvalue weighted by Crippen LogP contribution is -2.42. The number of hydroxylamine groups is 1. The van der Waals surface area contributed by atoms with Crippen LogP contribution in [0.2, 0.25) is 0 Å². The Hall–Kier alpha value is -2.86. The van der Waals surface area contributed by atoms with Gasteiger partial charge in [-0.25, -0.2) is 4.79 Å². The molecule has 2 aromatic carbocycles. The predicted octanol–water partition coefficient (Wildman–Crippen LogP) is 6.26. The Morgan fingerprint density at radius 2 is 1.85 bits per heavy atom. The van der Waals surface area contributed by atoms with Crippen LogP contribution in [-0.2, 0) is 16.0 Å². The number of ketones is 1. The zero-order valence-corrected chi connectivity index (χ0v) is 19.3. The van der Waals surface area contributed by atoms with Crippen molar-refractivity contribution in [2.24, 2.45) is 17.3 Å². The average molecular weight is 450 g/mol. The molecule has 0 radical (unpaired) electrons. The first kappa shape index (κ1) is 22.0. The van der Waals surface area contributed by atoms with Gasteiger partial charge in [-0.3, -0.25) is 10.0 Å². The highest BCUT2D eigenvalue weighted by molar-refractivity contribution is 5.87. The van der Waals surface area contributed by atoms with Crippen LogP contribution in [0.25, 0.3) is 0 Å². The molecule has 5 rings (SSSR count). The molecule has 0 saturated heterocycles. The van der Waals surface area contributed by atoms with Gasteiger partial charge in [-0.05, 0) is 104 Å². The van der Waals surface area contributed by atoms with Gasteiger partial charge in [0.15, 0.2) is 0 Å². The molecule has 1 N–H and O–H groups in total. The average Bonchev–Trinajstić information content (AvgIpc) is 3.13. The minimum Gasteiger partial charge on any atom is -0.457 e. The summed E-state index contributed by atoms with van der Waals surface area (Å²) in [5.74, 6) is 3.47. The Kier molecular flexibility index (Phi) is 5.65. The fourth-order valence-electron chi connectivity index (χ4n) is 6.46. The highest BCUT2D eigenvalue weighted by Crippen LogP contribution is 2.59. The molecule has 6 nitrogen and oxygen atoms in total. The second-order valence-corrected chi connectivity index (χ2v) is 9.80. The van der Waals surface area contributed by atoms with Crippen molar-refractivity contribution in [1.82, 2.24) is 0 Å². The summed E-state index contributed by atoms with van der Waals surface area (Å²) < 4.78 is 10.9. The van der Waals surface area contributed by atoms with Gasteiger partial charge in [0.1, 0.15) is 17.3 Å². The number of rotatable bonds is 4. The monoisotopic (exact) mass is 449 g/mol. The molecule has 1 amide bonds. The van der Waals surface area contributed by atoms with Gasteiger partial charge in [-0.2, -0.15) is 5.06 Å². The van der Waals surface area contributed by atoms with Crippen molar-refractivity contribution in [3.05, 3.63) is 53.6 Å². The number of hydrogen-bond donors (Lipinski definition) is 1. The normalized spacial score (nSPS) is 27.8. The van der Waals surface area contributed by atoms with E-state index in [1.807, 2.05) is 6.07 Å². The highest BCUT2D eigenvalue weighted by Gasteiger charge is 2.54. The number of anilines is 1. The quantitative estimate of drug-likeness (QED) is 0.441. The number of nitrogens with zero attached hydrogens (tertiary/aromatic N) is 1. The van der Waals surface area contributed by atoms with Crippen LogP contribution in [0.4, 0.5) is 10.5 Å². The first-order valence-corrected chi connectivity index (χ1v) is 12.0. The molecular formula is C27H31NO5. The zero-order valence-electron chi connectivity index (χ0n) is 19.3. The molecule has 2 aromatic rings. The molecule has 6 heteroatoms. The molecule has 174 valence electrons. The van der Waals surface area contributed by atoms with Crippen molar-refractivity contribution in [1.29, 1.82) is 0 Å². The number of carbonyl (C=O) groups excluding carboxylic acids is 2. The topological polar surface area (TPSA) is 76.1 Å². The number of benzene rings is 2. The van der Waals surface area contributed by atoms with Crippen LogP contribution in [0.5, 0.6) is 11.5 Å². The van der Waals surface area contributed by atoms with Crippen molar-refractivity contribution in [2.75, 3.05) is 11.7 Å². The SMILES string of the molecule is CCOC(=O)N(O)c1ccc(Oc2ccc3c(c2)[C@@H]2CC[C@@]4(C)C(=O)CC[C@@H]4[C@H]2CC3)cc1. The number of carbonyl (C=O) groups is 2. The second kappa shape index (κ2) is 8.49. The number of amides is 1. The molecule has 0 aromatic heterocycles. The van der Waals surface area contributed by atoms with Gasteiger partial charge in [0.25, 0.3) is 0 Å². The number of ether oxygens (including phenoxy) is 2. The van der Waals surface area contributed by atoms with Crippen LogP contribution < -0.4 is 9.80 Å². The van der Waals surface area contributed by atoms with Crippen molar-refractivity contribution in [3.63, 3.8) is 0 Å². The molecule has 0 unspecified atom stereocenters. The van der Waals surface area contributed by atoms with E-state index >= 15 is 0 Å². The third kappa shape index (κ3) is 3.80. The Morgan fingerprint density at radius 3 is 2.61 bits per heavy atom. The summed E-state index contributed by atoms with van der Waals surface area (Å²) >= 11 is 0. The molecule has 2 saturated carbocycles. The first-order valence-electron chi connectivity index (χ1n) is 12.0. The molecule has 0 bridgehead atoms. The lowest BCUT2D eigenvalue weighted by atomic mass is 9.55. The van der Waals surface area contributed by atoms with E-state index < -0.39 is 6.09 Å². The van der Waals surface area contributed by atoms with Gasteiger partial charge < -0.3 is 9.47 Å². The Bertz CT molecular complexity index is 1060. The van der Waals surface area contributed by atoms with E-state index in [2.05, 4.69) is 19.1 Å². The fourth-order valence-corrected chi connectivity index (χ4v) is 6.46. The van der Waals surface area contributed by atoms with Gasteiger partial charge in [-0.1, -0.05) is 13.0 Å². The maximum Gasteiger partial charge on any atom is 0.438 e. The molecule has 3 aliphatic rings. The molecule has 0 spiro atoms. The van der Waals surface area contributed by atoms with Crippen molar-refractivity contribution in [3.8, 4) is 11.5 Å². The van der Waals surface area contributed by atoms with Gasteiger partial charge in [0.05, 0.1) is 12.3 Å². The first-order chi connectivity index (χ1) is 15.9. The maximum atomic E-state index is 12.6. The van der Waals surface area contributed by atoms with Crippen molar-refractivity contribution < 1.29 is 24.3 Å². The van der Waals surface area contributed by atoms with Crippen molar-refractivity contribution >= 4 is 17.6 Å². The molecule has 0 heterocycles. The lowest BCUT2D eigenvalue weighted by Gasteiger charge is -2.48. The van der Waals surface area contributed by atoms with Crippen molar-refractivity contribution in [2.45, 2.75) is 58.3 Å². The number of aryl methyl sites for hydroxylation is 1. The minimum absolute atomic E-state index is 0.112. The standard InChI is InChI=1S/C27H31NO5/c1-3-32-26(30)28(31)18-6-9-19(10-7-18)33-20-8-4-17-5-11-22-21(23(17)16-20)14-15-27(2)24(22)12-13-25(27)29/h4,6-10,16,21-22,24,31H,3,5,11-15H2,1-2H3/t21-,22+,24-,27-/m1/s1. The van der Waals surface area contributed by atoms with E-state index in [9.17, 15) is 14.8 Å². The van der Waals surface area contributed by atoms with Crippen LogP contribution in [0.15, 0.2) is 42.5 Å². The van der Waals surface area contributed by atoms with E-state index in [1.54, 1.807) is 31.2 Å². The molecule has 2 fully saturated rings. The van der Waals surface area contributed by atoms with Gasteiger partial charge >= 0.3 is 6.09 Å². The number of fused-ring (bicyclic) bond motifs is 5. The smallest absolute Gasteiger partial charge is 0.438 e. The third-order valence-electron chi connectivity index (χ3n) is 8.17. The fraction of sp³-hybridized carbons (Fsp3) is 0.481. The Balaban J connectivity index is 1.33. The summed E-state index contributed by atoms with van der Waals surface area (Å²) in [4.78, 5) is 24.3. The molecule has 3 aliphatic carbocycles. The summed E-state index contributed by atoms with van der Waals surface area (Å²) in [5, 5.41) is 10.4. The molecule has 33 heavy (non-hydrogen) atoms. The Morgan fingerprint density at radius 1 is 1.09 bits per heavy atom. The van der Waals surface area contributed by atoms with E-state index in [-0.39, 0.29) is 12.0 Å². The molecular weight excluding hydrogens is 418 g/mol. The van der Waals surface area contributed by atoms with E-state index in [0.29, 0.717) is 40.0 Å². The van der Waals surface area contributed by atoms with Crippen LogP contribution in [0.3, 0.4) is 0 Å². The van der Waals surface area contributed by atoms with Crippen LogP contribution >= 0.6 is 0 Å². The summed E-state index contributed by atoms with van der Waals surface area (Å²) in [5.41, 5.74) is 2.98. The second-order valence-electron chi connectivity index (χ2n) is 9.80. The van der Waals surface area contributed by atoms with Crippen LogP contribution in [-0.4, -0.2) is 23.7 Å². The summed E-state index contributed by atoms with van der Waals surface area (Å²) in [6.07, 6.45) is 5.26. The Labute approximate surface area is 194 Å². The zero-order chi connectivity index (χ0) is 23.2. The van der Waals surface area contributed by atoms with Crippen LogP contribution in [0.1, 0.15) is 63.0 Å². The lowest BCUT2D eigenvalue weighted by molar-refractivity contribution is -0.129. The summed E-state index contributed by atoms with van der Waals surface area (Å²) in [6.45, 7) is 4.08. The largest absolute Gasteiger partial charge is 0.457 e. The van der Waals surface area contributed by atoms with E-state index in [1.165, 1.54) is 17.5 Å².